The van der Waals surface area contributed by atoms with E-state index in [0.29, 0.717) is 10.8 Å². The molecule has 2 rings (SSSR count). The van der Waals surface area contributed by atoms with Crippen molar-refractivity contribution in [2.24, 2.45) is 0 Å². The van der Waals surface area contributed by atoms with Crippen LogP contribution in [-0.4, -0.2) is 15.2 Å². The molecule has 0 amide bonds. The van der Waals surface area contributed by atoms with E-state index in [2.05, 4.69) is 31.1 Å². The molecule has 6 heteroatoms. The fraction of sp³-hybridized carbons (Fsp3) is 0. The molecule has 0 atom stereocenters. The third-order valence-corrected chi connectivity index (χ3v) is 3.29. The average molecular weight is 277 g/mol. The van der Waals surface area contributed by atoms with Crippen LogP contribution in [0, 0.1) is 0 Å². The van der Waals surface area contributed by atoms with Gasteiger partial charge in [-0.3, -0.25) is 0 Å². The summed E-state index contributed by atoms with van der Waals surface area (Å²) in [5, 5.41) is 7.96. The molecule has 2 heterocycles. The highest BCUT2D eigenvalue weighted by molar-refractivity contribution is 9.11. The Morgan fingerprint density at radius 2 is 2.23 bits per heavy atom. The Kier molecular flexibility index (Phi) is 2.57. The van der Waals surface area contributed by atoms with E-state index in [9.17, 15) is 0 Å². The highest BCUT2D eigenvalue weighted by atomic mass is 79.9. The highest BCUT2D eigenvalue weighted by Crippen LogP contribution is 2.32. The molecular formula is C7H3BrClN3S. The van der Waals surface area contributed by atoms with Crippen LogP contribution >= 0.6 is 38.9 Å². The van der Waals surface area contributed by atoms with Gasteiger partial charge in [-0.25, -0.2) is 4.98 Å². The van der Waals surface area contributed by atoms with Crippen LogP contribution in [0.2, 0.25) is 5.15 Å². The first-order chi connectivity index (χ1) is 6.27. The van der Waals surface area contributed by atoms with E-state index in [1.807, 2.05) is 12.1 Å². The summed E-state index contributed by atoms with van der Waals surface area (Å²) in [5.74, 6) is 0. The van der Waals surface area contributed by atoms with Crippen LogP contribution in [0.3, 0.4) is 0 Å². The SMILES string of the molecule is Clc1ncnnc1-c1ccc(Br)s1. The van der Waals surface area contributed by atoms with E-state index >= 15 is 0 Å². The minimum atomic E-state index is 0.379. The van der Waals surface area contributed by atoms with E-state index in [0.717, 1.165) is 8.66 Å². The van der Waals surface area contributed by atoms with Crippen molar-refractivity contribution < 1.29 is 0 Å². The van der Waals surface area contributed by atoms with Crippen LogP contribution in [0.15, 0.2) is 22.2 Å². The molecule has 2 aromatic rings. The van der Waals surface area contributed by atoms with Gasteiger partial charge in [-0.2, -0.15) is 0 Å². The maximum atomic E-state index is 5.85. The van der Waals surface area contributed by atoms with Gasteiger partial charge in [0.2, 0.25) is 0 Å². The zero-order valence-electron chi connectivity index (χ0n) is 6.24. The Balaban J connectivity index is 2.52. The summed E-state index contributed by atoms with van der Waals surface area (Å²) >= 11 is 10.8. The van der Waals surface area contributed by atoms with Crippen molar-refractivity contribution in [2.45, 2.75) is 0 Å². The standard InChI is InChI=1S/C7H3BrClN3S/c8-5-2-1-4(13-5)6-7(9)10-3-11-12-6/h1-3H. The van der Waals surface area contributed by atoms with Crippen molar-refractivity contribution in [3.8, 4) is 10.6 Å². The maximum Gasteiger partial charge on any atom is 0.159 e. The average Bonchev–Trinajstić information content (AvgIpc) is 2.53. The minimum Gasteiger partial charge on any atom is -0.220 e. The van der Waals surface area contributed by atoms with Gasteiger partial charge in [-0.05, 0) is 28.1 Å². The van der Waals surface area contributed by atoms with Crippen molar-refractivity contribution in [1.82, 2.24) is 15.2 Å². The molecule has 0 saturated heterocycles. The van der Waals surface area contributed by atoms with Gasteiger partial charge < -0.3 is 0 Å². The molecule has 0 radical (unpaired) electrons. The largest absolute Gasteiger partial charge is 0.220 e. The van der Waals surface area contributed by atoms with Gasteiger partial charge in [-0.15, -0.1) is 21.5 Å². The number of nitrogens with zero attached hydrogens (tertiary/aromatic N) is 3. The lowest BCUT2D eigenvalue weighted by atomic mass is 10.4. The fourth-order valence-corrected chi connectivity index (χ4v) is 2.47. The van der Waals surface area contributed by atoms with Crippen molar-refractivity contribution in [1.29, 1.82) is 0 Å². The van der Waals surface area contributed by atoms with Gasteiger partial charge in [0.25, 0.3) is 0 Å². The molecular weight excluding hydrogens is 274 g/mol. The van der Waals surface area contributed by atoms with Crippen LogP contribution in [-0.2, 0) is 0 Å². The van der Waals surface area contributed by atoms with Gasteiger partial charge in [0, 0.05) is 0 Å². The topological polar surface area (TPSA) is 38.7 Å². The van der Waals surface area contributed by atoms with Gasteiger partial charge in [-0.1, -0.05) is 11.6 Å². The number of hydrogen-bond acceptors (Lipinski definition) is 4. The zero-order chi connectivity index (χ0) is 9.26. The third-order valence-electron chi connectivity index (χ3n) is 1.38. The zero-order valence-corrected chi connectivity index (χ0v) is 9.40. The normalized spacial score (nSPS) is 10.3. The molecule has 0 unspecified atom stereocenters. The molecule has 0 aliphatic heterocycles. The molecule has 0 spiro atoms. The molecule has 13 heavy (non-hydrogen) atoms. The third kappa shape index (κ3) is 1.87. The van der Waals surface area contributed by atoms with Crippen molar-refractivity contribution in [2.75, 3.05) is 0 Å². The van der Waals surface area contributed by atoms with E-state index in [-0.39, 0.29) is 0 Å². The van der Waals surface area contributed by atoms with Crippen molar-refractivity contribution >= 4 is 38.9 Å². The van der Waals surface area contributed by atoms with Gasteiger partial charge >= 0.3 is 0 Å². The molecule has 2 aromatic heterocycles. The number of hydrogen-bond donors (Lipinski definition) is 0. The van der Waals surface area contributed by atoms with E-state index < -0.39 is 0 Å². The Morgan fingerprint density at radius 1 is 1.38 bits per heavy atom. The summed E-state index contributed by atoms with van der Waals surface area (Å²) in [5.41, 5.74) is 0.625. The Morgan fingerprint density at radius 3 is 2.85 bits per heavy atom. The minimum absolute atomic E-state index is 0.379. The maximum absolute atomic E-state index is 5.85. The molecule has 0 aromatic carbocycles. The first-order valence-electron chi connectivity index (χ1n) is 3.36. The molecule has 66 valence electrons. The van der Waals surface area contributed by atoms with Gasteiger partial charge in [0.1, 0.15) is 12.0 Å². The fourth-order valence-electron chi connectivity index (χ4n) is 0.855. The summed E-state index contributed by atoms with van der Waals surface area (Å²) < 4.78 is 1.03. The summed E-state index contributed by atoms with van der Waals surface area (Å²) in [7, 11) is 0. The van der Waals surface area contributed by atoms with Crippen LogP contribution in [0.4, 0.5) is 0 Å². The van der Waals surface area contributed by atoms with Crippen molar-refractivity contribution in [3.63, 3.8) is 0 Å². The summed E-state index contributed by atoms with van der Waals surface area (Å²) in [6, 6.07) is 3.86. The Bertz CT molecular complexity index is 431. The first-order valence-corrected chi connectivity index (χ1v) is 5.35. The van der Waals surface area contributed by atoms with Gasteiger partial charge in [0.05, 0.1) is 8.66 Å². The second-order valence-corrected chi connectivity index (χ2v) is 5.02. The van der Waals surface area contributed by atoms with E-state index in [4.69, 9.17) is 11.6 Å². The lowest BCUT2D eigenvalue weighted by Gasteiger charge is -1.95. The summed E-state index contributed by atoms with van der Waals surface area (Å²) in [6.07, 6.45) is 1.33. The monoisotopic (exact) mass is 275 g/mol. The van der Waals surface area contributed by atoms with Crippen LogP contribution < -0.4 is 0 Å². The van der Waals surface area contributed by atoms with E-state index in [1.165, 1.54) is 6.33 Å². The predicted octanol–water partition coefficient (Wildman–Crippen LogP) is 3.02. The second-order valence-electron chi connectivity index (χ2n) is 2.20. The Labute approximate surface area is 91.9 Å². The van der Waals surface area contributed by atoms with Crippen molar-refractivity contribution in [3.05, 3.63) is 27.4 Å². The number of halogens is 2. The Hall–Kier alpha value is -0.520. The number of thiophene rings is 1. The van der Waals surface area contributed by atoms with Crippen LogP contribution in [0.25, 0.3) is 10.6 Å². The number of aromatic nitrogens is 3. The van der Waals surface area contributed by atoms with Crippen LogP contribution in [0.1, 0.15) is 0 Å². The molecule has 0 N–H and O–H groups in total. The smallest absolute Gasteiger partial charge is 0.159 e. The molecule has 0 aliphatic rings. The summed E-state index contributed by atoms with van der Waals surface area (Å²) in [6.45, 7) is 0. The molecule has 3 nitrogen and oxygen atoms in total. The second kappa shape index (κ2) is 3.69. The lowest BCUT2D eigenvalue weighted by Crippen LogP contribution is -1.88. The number of rotatable bonds is 1. The van der Waals surface area contributed by atoms with Crippen LogP contribution in [0.5, 0.6) is 0 Å². The molecule has 0 aliphatic carbocycles. The summed E-state index contributed by atoms with van der Waals surface area (Å²) in [4.78, 5) is 4.80. The lowest BCUT2D eigenvalue weighted by molar-refractivity contribution is 0.979. The first kappa shape index (κ1) is 9.05. The molecule has 0 saturated carbocycles. The molecule has 0 fully saturated rings. The predicted molar refractivity (Wildman–Crippen MR) is 55.9 cm³/mol. The molecule has 0 bridgehead atoms. The quantitative estimate of drug-likeness (QED) is 0.803. The van der Waals surface area contributed by atoms with Gasteiger partial charge in [0.15, 0.2) is 5.15 Å². The van der Waals surface area contributed by atoms with E-state index in [1.54, 1.807) is 11.3 Å². The highest BCUT2D eigenvalue weighted by Gasteiger charge is 2.08.